The van der Waals surface area contributed by atoms with Gasteiger partial charge in [-0.1, -0.05) is 33.1 Å². The monoisotopic (exact) mass is 437 g/mol. The first-order valence-electron chi connectivity index (χ1n) is 11.4. The molecule has 1 atom stereocenters. The van der Waals surface area contributed by atoms with Gasteiger partial charge >= 0.3 is 0 Å². The molecule has 2 aliphatic rings. The summed E-state index contributed by atoms with van der Waals surface area (Å²) in [6.07, 6.45) is 4.88. The van der Waals surface area contributed by atoms with Gasteiger partial charge in [0.05, 0.1) is 12.7 Å². The molecule has 0 radical (unpaired) electrons. The van der Waals surface area contributed by atoms with E-state index in [0.717, 1.165) is 43.4 Å². The van der Waals surface area contributed by atoms with Crippen LogP contribution < -0.4 is 4.74 Å². The third-order valence-electron chi connectivity index (χ3n) is 6.60. The Kier molecular flexibility index (Phi) is 6.13. The molecule has 1 saturated heterocycles. The fraction of sp³-hybridized carbons (Fsp3) is 0.462. The third-order valence-corrected chi connectivity index (χ3v) is 6.60. The molecule has 6 heteroatoms. The molecular weight excluding hydrogens is 406 g/mol. The average molecular weight is 438 g/mol. The number of benzene rings is 1. The van der Waals surface area contributed by atoms with Gasteiger partial charge in [-0.25, -0.2) is 0 Å². The van der Waals surface area contributed by atoms with Crippen LogP contribution in [0.15, 0.2) is 40.3 Å². The molecule has 1 aromatic carbocycles. The third kappa shape index (κ3) is 3.83. The molecule has 0 bridgehead atoms. The molecule has 0 spiro atoms. The number of carbonyl (C=O) groups excluding carboxylic acids is 2. The van der Waals surface area contributed by atoms with Gasteiger partial charge < -0.3 is 19.2 Å². The zero-order valence-corrected chi connectivity index (χ0v) is 19.2. The summed E-state index contributed by atoms with van der Waals surface area (Å²) >= 11 is 0. The Balaban J connectivity index is 1.86. The highest BCUT2D eigenvalue weighted by Crippen LogP contribution is 2.44. The number of ketones is 1. The van der Waals surface area contributed by atoms with Gasteiger partial charge in [-0.05, 0) is 61.6 Å². The Morgan fingerprint density at radius 2 is 1.84 bits per heavy atom. The van der Waals surface area contributed by atoms with Crippen LogP contribution >= 0.6 is 0 Å². The smallest absolute Gasteiger partial charge is 0.296 e. The lowest BCUT2D eigenvalue weighted by molar-refractivity contribution is -0.142. The van der Waals surface area contributed by atoms with Crippen molar-refractivity contribution in [3.05, 3.63) is 58.6 Å². The van der Waals surface area contributed by atoms with E-state index in [4.69, 9.17) is 9.15 Å². The quantitative estimate of drug-likeness (QED) is 0.381. The number of aliphatic hydroxyl groups is 1. The van der Waals surface area contributed by atoms with Crippen LogP contribution in [0.25, 0.3) is 5.76 Å². The van der Waals surface area contributed by atoms with Gasteiger partial charge in [0, 0.05) is 11.6 Å². The molecule has 1 aliphatic carbocycles. The summed E-state index contributed by atoms with van der Waals surface area (Å²) in [6, 6.07) is 8.19. The number of methoxy groups -OCH3 is 1. The molecule has 1 aromatic heterocycles. The molecular formula is C26H31NO5. The predicted octanol–water partition coefficient (Wildman–Crippen LogP) is 5.47. The summed E-state index contributed by atoms with van der Waals surface area (Å²) < 4.78 is 11.3. The van der Waals surface area contributed by atoms with Crippen molar-refractivity contribution in [2.75, 3.05) is 7.11 Å². The van der Waals surface area contributed by atoms with Crippen LogP contribution in [0.5, 0.6) is 5.75 Å². The van der Waals surface area contributed by atoms with E-state index in [9.17, 15) is 14.7 Å². The number of aliphatic hydroxyl groups excluding tert-OH is 1. The number of carbonyl (C=O) groups is 2. The molecule has 2 aromatic rings. The molecule has 4 rings (SSSR count). The van der Waals surface area contributed by atoms with Crippen molar-refractivity contribution in [2.24, 2.45) is 0 Å². The second-order valence-corrected chi connectivity index (χ2v) is 9.06. The van der Waals surface area contributed by atoms with Crippen molar-refractivity contribution in [3.8, 4) is 5.75 Å². The summed E-state index contributed by atoms with van der Waals surface area (Å²) in [7, 11) is 1.61. The zero-order valence-electron chi connectivity index (χ0n) is 19.2. The number of hydrogen-bond donors (Lipinski definition) is 1. The lowest BCUT2D eigenvalue weighted by Crippen LogP contribution is -2.40. The second kappa shape index (κ2) is 8.85. The molecule has 1 amide bonds. The number of rotatable bonds is 5. The first kappa shape index (κ1) is 22.2. The van der Waals surface area contributed by atoms with Crippen LogP contribution in [0.2, 0.25) is 0 Å². The summed E-state index contributed by atoms with van der Waals surface area (Å²) in [5, 5.41) is 11.3. The SMILES string of the molecule is COc1ccc(/C(O)=C2/C(=O)C(=O)N(C3CCCCC3)C2c2ccc(C)o2)cc1C(C)C. The van der Waals surface area contributed by atoms with Crippen LogP contribution in [-0.4, -0.2) is 34.8 Å². The number of nitrogens with zero attached hydrogens (tertiary/aromatic N) is 1. The number of Topliss-reactive ketones (excluding diaryl/α,β-unsaturated/α-hetero) is 1. The van der Waals surface area contributed by atoms with Crippen molar-refractivity contribution >= 4 is 17.4 Å². The number of hydrogen-bond acceptors (Lipinski definition) is 5. The van der Waals surface area contributed by atoms with Gasteiger partial charge in [-0.2, -0.15) is 0 Å². The molecule has 2 heterocycles. The van der Waals surface area contributed by atoms with E-state index in [1.165, 1.54) is 0 Å². The summed E-state index contributed by atoms with van der Waals surface area (Å²) in [6.45, 7) is 5.90. The number of likely N-dealkylation sites (tertiary alicyclic amines) is 1. The van der Waals surface area contributed by atoms with E-state index in [0.29, 0.717) is 17.1 Å². The van der Waals surface area contributed by atoms with Crippen molar-refractivity contribution in [3.63, 3.8) is 0 Å². The van der Waals surface area contributed by atoms with Crippen molar-refractivity contribution < 1.29 is 23.8 Å². The Hall–Kier alpha value is -3.02. The minimum Gasteiger partial charge on any atom is -0.507 e. The minimum absolute atomic E-state index is 0.0389. The molecule has 1 saturated carbocycles. The maximum absolute atomic E-state index is 13.2. The lowest BCUT2D eigenvalue weighted by atomic mass is 9.92. The summed E-state index contributed by atoms with van der Waals surface area (Å²) in [5.41, 5.74) is 1.50. The summed E-state index contributed by atoms with van der Waals surface area (Å²) in [5.74, 6) is 0.685. The molecule has 2 fully saturated rings. The minimum atomic E-state index is -0.726. The molecule has 170 valence electrons. The van der Waals surface area contributed by atoms with E-state index in [-0.39, 0.29) is 23.3 Å². The molecule has 1 N–H and O–H groups in total. The first-order valence-corrected chi connectivity index (χ1v) is 11.4. The Morgan fingerprint density at radius 3 is 2.44 bits per heavy atom. The highest BCUT2D eigenvalue weighted by Gasteiger charge is 2.50. The van der Waals surface area contributed by atoms with E-state index in [2.05, 4.69) is 0 Å². The standard InChI is InChI=1S/C26H31NO5/c1-15(2)19-14-17(11-13-20(19)31-4)24(28)22-23(21-12-10-16(3)32-21)27(26(30)25(22)29)18-8-6-5-7-9-18/h10-15,18,23,28H,5-9H2,1-4H3/b24-22-. The number of furan rings is 1. The largest absolute Gasteiger partial charge is 0.507 e. The van der Waals surface area contributed by atoms with Crippen LogP contribution in [0.1, 0.15) is 80.6 Å². The van der Waals surface area contributed by atoms with E-state index in [1.807, 2.05) is 32.9 Å². The zero-order chi connectivity index (χ0) is 23.0. The predicted molar refractivity (Wildman–Crippen MR) is 122 cm³/mol. The van der Waals surface area contributed by atoms with Crippen LogP contribution in [0, 0.1) is 6.92 Å². The van der Waals surface area contributed by atoms with Crippen LogP contribution in [0.4, 0.5) is 0 Å². The topological polar surface area (TPSA) is 80.0 Å². The Morgan fingerprint density at radius 1 is 1.12 bits per heavy atom. The van der Waals surface area contributed by atoms with Gasteiger partial charge in [0.25, 0.3) is 11.7 Å². The lowest BCUT2D eigenvalue weighted by Gasteiger charge is -2.34. The van der Waals surface area contributed by atoms with E-state index in [1.54, 1.807) is 30.2 Å². The van der Waals surface area contributed by atoms with Crippen molar-refractivity contribution in [2.45, 2.75) is 70.9 Å². The molecule has 1 aliphatic heterocycles. The van der Waals surface area contributed by atoms with Crippen LogP contribution in [0.3, 0.4) is 0 Å². The molecule has 32 heavy (non-hydrogen) atoms. The van der Waals surface area contributed by atoms with E-state index >= 15 is 0 Å². The molecule has 6 nitrogen and oxygen atoms in total. The van der Waals surface area contributed by atoms with Gasteiger partial charge in [-0.3, -0.25) is 9.59 Å². The van der Waals surface area contributed by atoms with Crippen molar-refractivity contribution in [1.82, 2.24) is 4.90 Å². The van der Waals surface area contributed by atoms with Crippen LogP contribution in [-0.2, 0) is 9.59 Å². The van der Waals surface area contributed by atoms with Crippen molar-refractivity contribution in [1.29, 1.82) is 0 Å². The first-order chi connectivity index (χ1) is 15.3. The molecule has 1 unspecified atom stereocenters. The normalized spacial score (nSPS) is 21.5. The maximum atomic E-state index is 13.2. The highest BCUT2D eigenvalue weighted by molar-refractivity contribution is 6.46. The Bertz CT molecular complexity index is 1060. The fourth-order valence-electron chi connectivity index (χ4n) is 4.95. The average Bonchev–Trinajstić information content (AvgIpc) is 3.34. The van der Waals surface area contributed by atoms with E-state index < -0.39 is 17.7 Å². The summed E-state index contributed by atoms with van der Waals surface area (Å²) in [4.78, 5) is 28.1. The van der Waals surface area contributed by atoms with Gasteiger partial charge in [-0.15, -0.1) is 0 Å². The number of aryl methyl sites for hydroxylation is 1. The maximum Gasteiger partial charge on any atom is 0.296 e. The number of ether oxygens (including phenoxy) is 1. The van der Waals surface area contributed by atoms with Gasteiger partial charge in [0.2, 0.25) is 0 Å². The highest BCUT2D eigenvalue weighted by atomic mass is 16.5. The fourth-order valence-corrected chi connectivity index (χ4v) is 4.95. The number of amides is 1. The second-order valence-electron chi connectivity index (χ2n) is 9.06. The van der Waals surface area contributed by atoms with Gasteiger partial charge in [0.15, 0.2) is 0 Å². The Labute approximate surface area is 188 Å². The van der Waals surface area contributed by atoms with Gasteiger partial charge in [0.1, 0.15) is 29.1 Å².